The zero-order chi connectivity index (χ0) is 15.2. The van der Waals surface area contributed by atoms with Crippen LogP contribution in [0.5, 0.6) is 11.5 Å². The fourth-order valence-electron chi connectivity index (χ4n) is 1.75. The molecule has 0 bridgehead atoms. The van der Waals surface area contributed by atoms with E-state index in [1.165, 1.54) is 0 Å². The molecule has 0 unspecified atom stereocenters. The quantitative estimate of drug-likeness (QED) is 0.891. The number of ether oxygens (including phenoxy) is 2. The maximum atomic E-state index is 12.2. The van der Waals surface area contributed by atoms with Gasteiger partial charge in [0, 0.05) is 4.47 Å². The van der Waals surface area contributed by atoms with Crippen molar-refractivity contribution in [2.75, 3.05) is 12.4 Å². The standard InChI is InChI=1S/C16H16BrNO3/c1-11(21-13-9-7-12(17)8-10-13)16(19)18-14-5-3-4-6-15(14)20-2/h3-11H,1-2H3,(H,18,19)/t11-/m1/s1. The van der Waals surface area contributed by atoms with Crippen LogP contribution < -0.4 is 14.8 Å². The maximum Gasteiger partial charge on any atom is 0.265 e. The first-order chi connectivity index (χ1) is 10.1. The molecule has 0 heterocycles. The van der Waals surface area contributed by atoms with Crippen molar-refractivity contribution < 1.29 is 14.3 Å². The van der Waals surface area contributed by atoms with Crippen LogP contribution in [0.3, 0.4) is 0 Å². The minimum absolute atomic E-state index is 0.234. The number of carbonyl (C=O) groups is 1. The van der Waals surface area contributed by atoms with Gasteiger partial charge in [0.15, 0.2) is 6.10 Å². The summed E-state index contributed by atoms with van der Waals surface area (Å²) < 4.78 is 11.8. The molecule has 110 valence electrons. The molecule has 0 saturated heterocycles. The van der Waals surface area contributed by atoms with Crippen molar-refractivity contribution in [3.8, 4) is 11.5 Å². The fraction of sp³-hybridized carbons (Fsp3) is 0.188. The van der Waals surface area contributed by atoms with Crippen LogP contribution >= 0.6 is 15.9 Å². The van der Waals surface area contributed by atoms with Crippen LogP contribution in [0.1, 0.15) is 6.92 Å². The third kappa shape index (κ3) is 4.23. The van der Waals surface area contributed by atoms with E-state index in [1.54, 1.807) is 38.3 Å². The second-order valence-electron chi connectivity index (χ2n) is 4.40. The predicted molar refractivity (Wildman–Crippen MR) is 85.9 cm³/mol. The number of halogens is 1. The molecule has 0 aliphatic rings. The van der Waals surface area contributed by atoms with E-state index in [-0.39, 0.29) is 5.91 Å². The summed E-state index contributed by atoms with van der Waals surface area (Å²) in [6.45, 7) is 1.70. The lowest BCUT2D eigenvalue weighted by atomic mass is 10.2. The monoisotopic (exact) mass is 349 g/mol. The van der Waals surface area contributed by atoms with E-state index >= 15 is 0 Å². The van der Waals surface area contributed by atoms with Crippen LogP contribution in [0.25, 0.3) is 0 Å². The summed E-state index contributed by atoms with van der Waals surface area (Å²) in [6, 6.07) is 14.6. The lowest BCUT2D eigenvalue weighted by Crippen LogP contribution is -2.30. The molecular weight excluding hydrogens is 334 g/mol. The molecule has 0 radical (unpaired) electrons. The van der Waals surface area contributed by atoms with E-state index in [9.17, 15) is 4.79 Å². The molecule has 0 fully saturated rings. The Balaban J connectivity index is 2.01. The predicted octanol–water partition coefficient (Wildman–Crippen LogP) is 3.86. The second kappa shape index (κ2) is 7.13. The van der Waals surface area contributed by atoms with Crippen molar-refractivity contribution in [2.45, 2.75) is 13.0 Å². The number of rotatable bonds is 5. The largest absolute Gasteiger partial charge is 0.495 e. The normalized spacial score (nSPS) is 11.6. The number of nitrogens with one attached hydrogen (secondary N) is 1. The summed E-state index contributed by atoms with van der Waals surface area (Å²) >= 11 is 3.35. The molecule has 0 aliphatic heterocycles. The summed E-state index contributed by atoms with van der Waals surface area (Å²) in [6.07, 6.45) is -0.615. The van der Waals surface area contributed by atoms with Crippen molar-refractivity contribution in [1.29, 1.82) is 0 Å². The molecule has 21 heavy (non-hydrogen) atoms. The van der Waals surface area contributed by atoms with Gasteiger partial charge in [-0.3, -0.25) is 4.79 Å². The maximum absolute atomic E-state index is 12.2. The number of carbonyl (C=O) groups excluding carboxylic acids is 1. The Morgan fingerprint density at radius 1 is 1.14 bits per heavy atom. The fourth-order valence-corrected chi connectivity index (χ4v) is 2.02. The van der Waals surface area contributed by atoms with Gasteiger partial charge >= 0.3 is 0 Å². The van der Waals surface area contributed by atoms with Gasteiger partial charge < -0.3 is 14.8 Å². The third-order valence-corrected chi connectivity index (χ3v) is 3.39. The Morgan fingerprint density at radius 2 is 1.81 bits per heavy atom. The van der Waals surface area contributed by atoms with Crippen molar-refractivity contribution in [3.63, 3.8) is 0 Å². The summed E-state index contributed by atoms with van der Waals surface area (Å²) in [7, 11) is 1.56. The van der Waals surface area contributed by atoms with Crippen LogP contribution in [0, 0.1) is 0 Å². The van der Waals surface area contributed by atoms with Gasteiger partial charge in [-0.1, -0.05) is 28.1 Å². The van der Waals surface area contributed by atoms with Gasteiger partial charge in [-0.15, -0.1) is 0 Å². The Morgan fingerprint density at radius 3 is 2.48 bits per heavy atom. The summed E-state index contributed by atoms with van der Waals surface area (Å²) in [5.41, 5.74) is 0.622. The lowest BCUT2D eigenvalue weighted by Gasteiger charge is -2.16. The van der Waals surface area contributed by atoms with Crippen molar-refractivity contribution >= 4 is 27.5 Å². The number of hydrogen-bond acceptors (Lipinski definition) is 3. The average molecular weight is 350 g/mol. The Bertz CT molecular complexity index is 613. The third-order valence-electron chi connectivity index (χ3n) is 2.86. The zero-order valence-electron chi connectivity index (χ0n) is 11.8. The number of methoxy groups -OCH3 is 1. The summed E-state index contributed by atoms with van der Waals surface area (Å²) in [5.74, 6) is 1.02. The van der Waals surface area contributed by atoms with E-state index in [4.69, 9.17) is 9.47 Å². The smallest absolute Gasteiger partial charge is 0.265 e. The molecule has 0 saturated carbocycles. The SMILES string of the molecule is COc1ccccc1NC(=O)[C@@H](C)Oc1ccc(Br)cc1. The highest BCUT2D eigenvalue weighted by Crippen LogP contribution is 2.23. The van der Waals surface area contributed by atoms with Crippen LogP contribution in [0.4, 0.5) is 5.69 Å². The molecule has 0 aromatic heterocycles. The molecule has 1 amide bonds. The van der Waals surface area contributed by atoms with Gasteiger partial charge in [-0.25, -0.2) is 0 Å². The van der Waals surface area contributed by atoms with Gasteiger partial charge in [0.25, 0.3) is 5.91 Å². The van der Waals surface area contributed by atoms with Gasteiger partial charge in [0.1, 0.15) is 11.5 Å². The van der Waals surface area contributed by atoms with E-state index in [0.29, 0.717) is 17.2 Å². The number of hydrogen-bond donors (Lipinski definition) is 1. The first kappa shape index (κ1) is 15.4. The van der Waals surface area contributed by atoms with Crippen LogP contribution in [-0.2, 0) is 4.79 Å². The lowest BCUT2D eigenvalue weighted by molar-refractivity contribution is -0.122. The van der Waals surface area contributed by atoms with Crippen LogP contribution in [-0.4, -0.2) is 19.1 Å². The number of amides is 1. The van der Waals surface area contributed by atoms with E-state index in [1.807, 2.05) is 24.3 Å². The Kier molecular flexibility index (Phi) is 5.22. The van der Waals surface area contributed by atoms with Gasteiger partial charge in [0.2, 0.25) is 0 Å². The topological polar surface area (TPSA) is 47.6 Å². The van der Waals surface area contributed by atoms with Crippen LogP contribution in [0.2, 0.25) is 0 Å². The number of para-hydroxylation sites is 2. The highest BCUT2D eigenvalue weighted by Gasteiger charge is 2.16. The summed E-state index contributed by atoms with van der Waals surface area (Å²) in [4.78, 5) is 12.2. The highest BCUT2D eigenvalue weighted by atomic mass is 79.9. The molecular formula is C16H16BrNO3. The molecule has 1 N–H and O–H groups in total. The van der Waals surface area contributed by atoms with Crippen molar-refractivity contribution in [2.24, 2.45) is 0 Å². The average Bonchev–Trinajstić information content (AvgIpc) is 2.50. The molecule has 4 nitrogen and oxygen atoms in total. The van der Waals surface area contributed by atoms with Gasteiger partial charge in [-0.2, -0.15) is 0 Å². The first-order valence-electron chi connectivity index (χ1n) is 6.46. The molecule has 2 aromatic rings. The Hall–Kier alpha value is -2.01. The zero-order valence-corrected chi connectivity index (χ0v) is 13.4. The number of anilines is 1. The first-order valence-corrected chi connectivity index (χ1v) is 7.25. The highest BCUT2D eigenvalue weighted by molar-refractivity contribution is 9.10. The minimum atomic E-state index is -0.615. The Labute approximate surface area is 132 Å². The molecule has 5 heteroatoms. The molecule has 2 aromatic carbocycles. The van der Waals surface area contributed by atoms with Crippen molar-refractivity contribution in [3.05, 3.63) is 53.0 Å². The van der Waals surface area contributed by atoms with E-state index in [0.717, 1.165) is 4.47 Å². The minimum Gasteiger partial charge on any atom is -0.495 e. The molecule has 0 aliphatic carbocycles. The van der Waals surface area contributed by atoms with E-state index < -0.39 is 6.10 Å². The molecule has 2 rings (SSSR count). The second-order valence-corrected chi connectivity index (χ2v) is 5.32. The number of benzene rings is 2. The molecule has 0 spiro atoms. The van der Waals surface area contributed by atoms with Gasteiger partial charge in [-0.05, 0) is 43.3 Å². The van der Waals surface area contributed by atoms with E-state index in [2.05, 4.69) is 21.2 Å². The summed E-state index contributed by atoms with van der Waals surface area (Å²) in [5, 5.41) is 2.79. The van der Waals surface area contributed by atoms with Crippen LogP contribution in [0.15, 0.2) is 53.0 Å². The van der Waals surface area contributed by atoms with Gasteiger partial charge in [0.05, 0.1) is 12.8 Å². The van der Waals surface area contributed by atoms with Crippen molar-refractivity contribution in [1.82, 2.24) is 0 Å². The molecule has 1 atom stereocenters.